The molecule has 0 aromatic carbocycles. The molecule has 2 unspecified atom stereocenters. The number of rotatable bonds is 2. The van der Waals surface area contributed by atoms with Gasteiger partial charge >= 0.3 is 0 Å². The lowest BCUT2D eigenvalue weighted by atomic mass is 9.96. The van der Waals surface area contributed by atoms with Gasteiger partial charge in [-0.15, -0.1) is 0 Å². The lowest BCUT2D eigenvalue weighted by molar-refractivity contribution is 0.0909. The molecule has 1 N–H and O–H groups in total. The number of imidazole rings is 1. The van der Waals surface area contributed by atoms with Crippen LogP contribution in [0.1, 0.15) is 28.9 Å². The van der Waals surface area contributed by atoms with Crippen LogP contribution in [0.25, 0.3) is 5.65 Å². The molecule has 4 rings (SSSR count). The molecule has 2 fully saturated rings. The molecule has 2 aliphatic rings. The standard InChI is InChI=1S/C16H17N5O/c17-7-14-10-21-4-2-12(6-15(21)18-14)16(22)19-13-5-11-1-3-20(8-11)9-13/h2,4,6,10-11,13H,1,3,5,8-9H2,(H,19,22)/t11?,13-/m1/s1. The summed E-state index contributed by atoms with van der Waals surface area (Å²) in [7, 11) is 0. The quantitative estimate of drug-likeness (QED) is 0.898. The van der Waals surface area contributed by atoms with Crippen LogP contribution < -0.4 is 5.32 Å². The van der Waals surface area contributed by atoms with Gasteiger partial charge < -0.3 is 14.6 Å². The smallest absolute Gasteiger partial charge is 0.251 e. The second-order valence-corrected chi connectivity index (χ2v) is 6.24. The molecule has 22 heavy (non-hydrogen) atoms. The van der Waals surface area contributed by atoms with E-state index in [2.05, 4.69) is 15.2 Å². The summed E-state index contributed by atoms with van der Waals surface area (Å²) in [5, 5.41) is 12.0. The maximum absolute atomic E-state index is 12.4. The molecule has 2 aromatic heterocycles. The normalized spacial score (nSPS) is 26.8. The van der Waals surface area contributed by atoms with Gasteiger partial charge in [-0.2, -0.15) is 5.26 Å². The van der Waals surface area contributed by atoms with Crippen LogP contribution >= 0.6 is 0 Å². The molecule has 112 valence electrons. The van der Waals surface area contributed by atoms with Crippen molar-refractivity contribution in [2.45, 2.75) is 18.9 Å². The number of carbonyl (C=O) groups is 1. The first kappa shape index (κ1) is 13.3. The topological polar surface area (TPSA) is 73.4 Å². The third-order valence-electron chi connectivity index (χ3n) is 4.64. The van der Waals surface area contributed by atoms with Gasteiger partial charge in [-0.1, -0.05) is 0 Å². The minimum Gasteiger partial charge on any atom is -0.348 e. The lowest BCUT2D eigenvalue weighted by Gasteiger charge is -2.30. The van der Waals surface area contributed by atoms with E-state index in [1.807, 2.05) is 6.07 Å². The number of fused-ring (bicyclic) bond motifs is 3. The summed E-state index contributed by atoms with van der Waals surface area (Å²) in [5.41, 5.74) is 1.57. The molecular formula is C16H17N5O. The van der Waals surface area contributed by atoms with Crippen LogP contribution in [0.4, 0.5) is 0 Å². The number of pyridine rings is 1. The van der Waals surface area contributed by atoms with Crippen LogP contribution in [0.2, 0.25) is 0 Å². The third kappa shape index (κ3) is 2.34. The van der Waals surface area contributed by atoms with Crippen molar-refractivity contribution in [3.8, 4) is 6.07 Å². The van der Waals surface area contributed by atoms with Gasteiger partial charge in [0.1, 0.15) is 11.7 Å². The number of hydrogen-bond donors (Lipinski definition) is 1. The molecule has 2 bridgehead atoms. The summed E-state index contributed by atoms with van der Waals surface area (Å²) < 4.78 is 1.75. The van der Waals surface area contributed by atoms with E-state index >= 15 is 0 Å². The van der Waals surface area contributed by atoms with Crippen LogP contribution in [0, 0.1) is 17.2 Å². The Balaban J connectivity index is 1.51. The number of nitriles is 1. The van der Waals surface area contributed by atoms with E-state index in [4.69, 9.17) is 5.26 Å². The Labute approximate surface area is 128 Å². The molecule has 6 heteroatoms. The second-order valence-electron chi connectivity index (χ2n) is 6.24. The van der Waals surface area contributed by atoms with Crippen LogP contribution in [-0.2, 0) is 0 Å². The highest BCUT2D eigenvalue weighted by atomic mass is 16.1. The van der Waals surface area contributed by atoms with Crippen molar-refractivity contribution in [3.63, 3.8) is 0 Å². The summed E-state index contributed by atoms with van der Waals surface area (Å²) in [6.07, 6.45) is 5.76. The van der Waals surface area contributed by atoms with Crippen LogP contribution in [0.15, 0.2) is 24.5 Å². The van der Waals surface area contributed by atoms with Crippen molar-refractivity contribution < 1.29 is 4.79 Å². The molecular weight excluding hydrogens is 278 g/mol. The second kappa shape index (κ2) is 5.11. The van der Waals surface area contributed by atoms with Gasteiger partial charge in [0.2, 0.25) is 0 Å². The first-order valence-corrected chi connectivity index (χ1v) is 7.63. The van der Waals surface area contributed by atoms with Crippen molar-refractivity contribution in [1.29, 1.82) is 5.26 Å². The molecule has 1 amide bonds. The minimum atomic E-state index is -0.0588. The number of nitrogens with zero attached hydrogens (tertiary/aromatic N) is 4. The maximum Gasteiger partial charge on any atom is 0.251 e. The van der Waals surface area contributed by atoms with Crippen LogP contribution in [0.5, 0.6) is 0 Å². The Hall–Kier alpha value is -2.39. The van der Waals surface area contributed by atoms with Gasteiger partial charge in [0, 0.05) is 37.1 Å². The van der Waals surface area contributed by atoms with E-state index in [0.717, 1.165) is 25.4 Å². The van der Waals surface area contributed by atoms with Crippen LogP contribution in [-0.4, -0.2) is 45.9 Å². The zero-order chi connectivity index (χ0) is 15.1. The van der Waals surface area contributed by atoms with Crippen molar-refractivity contribution in [2.75, 3.05) is 19.6 Å². The van der Waals surface area contributed by atoms with E-state index in [0.29, 0.717) is 16.9 Å². The van der Waals surface area contributed by atoms with Crippen molar-refractivity contribution in [3.05, 3.63) is 35.8 Å². The molecule has 0 aliphatic carbocycles. The van der Waals surface area contributed by atoms with Gasteiger partial charge in [-0.3, -0.25) is 4.79 Å². The Morgan fingerprint density at radius 3 is 3.18 bits per heavy atom. The maximum atomic E-state index is 12.4. The molecule has 4 heterocycles. The van der Waals surface area contributed by atoms with E-state index in [-0.39, 0.29) is 11.9 Å². The predicted molar refractivity (Wildman–Crippen MR) is 80.3 cm³/mol. The summed E-state index contributed by atoms with van der Waals surface area (Å²) >= 11 is 0. The number of piperidine rings is 1. The highest BCUT2D eigenvalue weighted by Crippen LogP contribution is 2.26. The van der Waals surface area contributed by atoms with Gasteiger partial charge in [-0.25, -0.2) is 4.98 Å². The average Bonchev–Trinajstić information content (AvgIpc) is 3.09. The van der Waals surface area contributed by atoms with Gasteiger partial charge in [-0.05, 0) is 37.4 Å². The predicted octanol–water partition coefficient (Wildman–Crippen LogP) is 1.03. The minimum absolute atomic E-state index is 0.0588. The molecule has 6 nitrogen and oxygen atoms in total. The Bertz CT molecular complexity index is 762. The summed E-state index contributed by atoms with van der Waals surface area (Å²) in [4.78, 5) is 19.0. The summed E-state index contributed by atoms with van der Waals surface area (Å²) in [5.74, 6) is 0.670. The molecule has 0 radical (unpaired) electrons. The molecule has 2 aliphatic heterocycles. The third-order valence-corrected chi connectivity index (χ3v) is 4.64. The molecule has 2 aromatic rings. The van der Waals surface area contributed by atoms with Gasteiger partial charge in [0.05, 0.1) is 0 Å². The lowest BCUT2D eigenvalue weighted by Crippen LogP contribution is -2.47. The zero-order valence-electron chi connectivity index (χ0n) is 12.2. The first-order valence-electron chi connectivity index (χ1n) is 7.63. The van der Waals surface area contributed by atoms with Crippen molar-refractivity contribution in [1.82, 2.24) is 19.6 Å². The number of nitrogens with one attached hydrogen (secondary N) is 1. The fourth-order valence-electron chi connectivity index (χ4n) is 3.61. The monoisotopic (exact) mass is 295 g/mol. The molecule has 0 saturated carbocycles. The number of amides is 1. The van der Waals surface area contributed by atoms with E-state index in [1.54, 1.807) is 28.9 Å². The number of hydrogen-bond acceptors (Lipinski definition) is 4. The fourth-order valence-corrected chi connectivity index (χ4v) is 3.61. The van der Waals surface area contributed by atoms with Crippen molar-refractivity contribution in [2.24, 2.45) is 5.92 Å². The largest absolute Gasteiger partial charge is 0.348 e. The van der Waals surface area contributed by atoms with Gasteiger partial charge in [0.15, 0.2) is 5.69 Å². The van der Waals surface area contributed by atoms with E-state index < -0.39 is 0 Å². The van der Waals surface area contributed by atoms with Gasteiger partial charge in [0.25, 0.3) is 5.91 Å². The highest BCUT2D eigenvalue weighted by Gasteiger charge is 2.32. The number of aromatic nitrogens is 2. The molecule has 3 atom stereocenters. The summed E-state index contributed by atoms with van der Waals surface area (Å²) in [6, 6.07) is 5.74. The SMILES string of the molecule is N#Cc1cn2ccc(C(=O)N[C@@H]3CC4CCN(C4)C3)cc2n1. The van der Waals surface area contributed by atoms with Crippen LogP contribution in [0.3, 0.4) is 0 Å². The molecule has 2 saturated heterocycles. The van der Waals surface area contributed by atoms with E-state index in [1.165, 1.54) is 13.0 Å². The van der Waals surface area contributed by atoms with E-state index in [9.17, 15) is 4.79 Å². The highest BCUT2D eigenvalue weighted by molar-refractivity contribution is 5.95. The fraction of sp³-hybridized carbons (Fsp3) is 0.438. The number of carbonyl (C=O) groups excluding carboxylic acids is 1. The Kier molecular flexibility index (Phi) is 3.09. The average molecular weight is 295 g/mol. The van der Waals surface area contributed by atoms with Crippen molar-refractivity contribution >= 4 is 11.6 Å². The zero-order valence-corrected chi connectivity index (χ0v) is 12.2. The first-order chi connectivity index (χ1) is 10.7. The summed E-state index contributed by atoms with van der Waals surface area (Å²) in [6.45, 7) is 3.30. The Morgan fingerprint density at radius 1 is 1.45 bits per heavy atom. The molecule has 0 spiro atoms. The Morgan fingerprint density at radius 2 is 2.36 bits per heavy atom.